The molecule has 0 atom stereocenters. The third-order valence-electron chi connectivity index (χ3n) is 6.76. The molecule has 0 saturated heterocycles. The predicted molar refractivity (Wildman–Crippen MR) is 144 cm³/mol. The first-order valence-corrected chi connectivity index (χ1v) is 12.0. The third-order valence-corrected chi connectivity index (χ3v) is 6.76. The van der Waals surface area contributed by atoms with Crippen LogP contribution in [0.2, 0.25) is 0 Å². The Bertz CT molecular complexity index is 2130. The van der Waals surface area contributed by atoms with Gasteiger partial charge in [-0.25, -0.2) is 0 Å². The maximum absolute atomic E-state index is 6.27. The summed E-state index contributed by atoms with van der Waals surface area (Å²) >= 11 is 0. The summed E-state index contributed by atoms with van der Waals surface area (Å²) in [6, 6.07) is 39.1. The molecule has 8 rings (SSSR count). The number of ether oxygens (including phenoxy) is 1. The van der Waals surface area contributed by atoms with Crippen LogP contribution in [0.25, 0.3) is 54.9 Å². The van der Waals surface area contributed by atoms with Crippen LogP contribution in [0.5, 0.6) is 11.6 Å². The van der Waals surface area contributed by atoms with E-state index in [-0.39, 0.29) is 21.1 Å². The molecule has 38 heavy (non-hydrogen) atoms. The number of aromatic nitrogens is 5. The van der Waals surface area contributed by atoms with Gasteiger partial charge in [0.2, 0.25) is 5.88 Å². The van der Waals surface area contributed by atoms with E-state index in [4.69, 9.17) is 9.72 Å². The van der Waals surface area contributed by atoms with Crippen molar-refractivity contribution in [1.82, 2.24) is 24.1 Å². The van der Waals surface area contributed by atoms with E-state index in [2.05, 4.69) is 51.0 Å². The van der Waals surface area contributed by atoms with Crippen LogP contribution in [0.3, 0.4) is 0 Å². The summed E-state index contributed by atoms with van der Waals surface area (Å²) in [6.45, 7) is 0. The van der Waals surface area contributed by atoms with Gasteiger partial charge >= 0.3 is 21.1 Å². The molecule has 4 heterocycles. The van der Waals surface area contributed by atoms with Gasteiger partial charge in [0.05, 0.1) is 16.7 Å². The van der Waals surface area contributed by atoms with Gasteiger partial charge in [0.25, 0.3) is 0 Å². The van der Waals surface area contributed by atoms with Crippen molar-refractivity contribution >= 4 is 49.3 Å². The van der Waals surface area contributed by atoms with Gasteiger partial charge in [-0.1, -0.05) is 65.0 Å². The molecule has 0 aliphatic rings. The van der Waals surface area contributed by atoms with Gasteiger partial charge in [0.1, 0.15) is 12.0 Å². The second kappa shape index (κ2) is 8.79. The molecule has 0 unspecified atom stereocenters. The van der Waals surface area contributed by atoms with Gasteiger partial charge < -0.3 is 9.30 Å². The van der Waals surface area contributed by atoms with Gasteiger partial charge in [-0.05, 0) is 23.6 Å². The van der Waals surface area contributed by atoms with E-state index < -0.39 is 0 Å². The molecule has 0 bridgehead atoms. The van der Waals surface area contributed by atoms with Crippen molar-refractivity contribution in [3.8, 4) is 17.3 Å². The topological polar surface area (TPSA) is 57.2 Å². The zero-order chi connectivity index (χ0) is 24.3. The quantitative estimate of drug-likeness (QED) is 0.151. The van der Waals surface area contributed by atoms with Crippen LogP contribution in [0.15, 0.2) is 103 Å². The Balaban J connectivity index is 0.00000242. The molecule has 0 amide bonds. The summed E-state index contributed by atoms with van der Waals surface area (Å²) in [7, 11) is 0. The summed E-state index contributed by atoms with van der Waals surface area (Å²) in [5, 5.41) is 9.60. The van der Waals surface area contributed by atoms with E-state index in [0.717, 1.165) is 54.9 Å². The number of hydrogen-bond donors (Lipinski definition) is 0. The largest absolute Gasteiger partial charge is 2.00 e. The Hall–Kier alpha value is -4.54. The van der Waals surface area contributed by atoms with Crippen LogP contribution in [-0.2, 0) is 21.1 Å². The summed E-state index contributed by atoms with van der Waals surface area (Å²) < 4.78 is 10.2. The number of pyridine rings is 2. The monoisotopic (exact) mass is 670 g/mol. The van der Waals surface area contributed by atoms with Crippen LogP contribution in [0.1, 0.15) is 0 Å². The second-order valence-corrected chi connectivity index (χ2v) is 8.85. The Kier molecular flexibility index (Phi) is 5.24. The molecule has 182 valence electrons. The van der Waals surface area contributed by atoms with Gasteiger partial charge in [-0.2, -0.15) is 34.3 Å². The fourth-order valence-electron chi connectivity index (χ4n) is 5.17. The molecule has 0 aliphatic carbocycles. The van der Waals surface area contributed by atoms with Crippen LogP contribution >= 0.6 is 0 Å². The van der Waals surface area contributed by atoms with E-state index in [1.54, 1.807) is 6.33 Å². The fraction of sp³-hybridized carbons (Fsp3) is 0. The minimum Gasteiger partial charge on any atom is -0.459 e. The third kappa shape index (κ3) is 3.34. The Morgan fingerprint density at radius 2 is 1.45 bits per heavy atom. The summed E-state index contributed by atoms with van der Waals surface area (Å²) in [6.07, 6.45) is 1.57. The minimum absolute atomic E-state index is 0. The van der Waals surface area contributed by atoms with Crippen molar-refractivity contribution < 1.29 is 25.8 Å². The van der Waals surface area contributed by atoms with E-state index in [9.17, 15) is 0 Å². The maximum Gasteiger partial charge on any atom is 2.00 e. The summed E-state index contributed by atoms with van der Waals surface area (Å²) in [5.74, 6) is 1.05. The molecule has 4 aromatic carbocycles. The van der Waals surface area contributed by atoms with Gasteiger partial charge in [0, 0.05) is 22.6 Å². The Labute approximate surface area is 231 Å². The van der Waals surface area contributed by atoms with Crippen molar-refractivity contribution in [2.45, 2.75) is 0 Å². The van der Waals surface area contributed by atoms with Crippen molar-refractivity contribution in [1.29, 1.82) is 0 Å². The first kappa shape index (κ1) is 22.6. The number of para-hydroxylation sites is 3. The van der Waals surface area contributed by atoms with E-state index in [1.807, 2.05) is 77.3 Å². The first-order chi connectivity index (χ1) is 18.3. The molecule has 0 saturated carbocycles. The molecular formula is C31H17N5OPt. The molecule has 6 nitrogen and oxygen atoms in total. The van der Waals surface area contributed by atoms with Crippen molar-refractivity contribution in [3.05, 3.63) is 116 Å². The van der Waals surface area contributed by atoms with Crippen molar-refractivity contribution in [2.75, 3.05) is 0 Å². The molecular weight excluding hydrogens is 653 g/mol. The van der Waals surface area contributed by atoms with Gasteiger partial charge in [0.15, 0.2) is 0 Å². The van der Waals surface area contributed by atoms with Gasteiger partial charge in [-0.15, -0.1) is 12.1 Å². The van der Waals surface area contributed by atoms with Crippen LogP contribution < -0.4 is 4.74 Å². The molecule has 7 heteroatoms. The number of fused-ring (bicyclic) bond motifs is 9. The van der Waals surface area contributed by atoms with E-state index in [0.29, 0.717) is 11.6 Å². The SMILES string of the molecule is [Pt+2].[c-]1ccccc1-n1c2ccccc2c2ccc(Oc3[c-]c4c(cc3)c3ccccc3n3ncnc43)nc21. The average molecular weight is 671 g/mol. The smallest absolute Gasteiger partial charge is 0.459 e. The van der Waals surface area contributed by atoms with Crippen LogP contribution in [-0.4, -0.2) is 24.1 Å². The Morgan fingerprint density at radius 3 is 2.29 bits per heavy atom. The first-order valence-electron chi connectivity index (χ1n) is 12.0. The fourth-order valence-corrected chi connectivity index (χ4v) is 5.17. The number of hydrogen-bond acceptors (Lipinski definition) is 4. The van der Waals surface area contributed by atoms with Crippen LogP contribution in [0.4, 0.5) is 0 Å². The average Bonchev–Trinajstić information content (AvgIpc) is 3.57. The molecule has 0 N–H and O–H groups in total. The zero-order valence-electron chi connectivity index (χ0n) is 19.8. The standard InChI is InChI=1S/C31H17N5O.Pt/c1-2-8-20(9-3-1)35-27-12-6-4-11-24(27)25-16-17-29(34-31(25)35)37-21-14-15-22-23-10-5-7-13-28(23)36-30(26(22)18-21)32-19-33-36;/h1-8,10-17,19H;/q-2;+2. The zero-order valence-corrected chi connectivity index (χ0v) is 22.0. The molecule has 0 radical (unpaired) electrons. The summed E-state index contributed by atoms with van der Waals surface area (Å²) in [4.78, 5) is 9.43. The maximum atomic E-state index is 6.27. The normalized spacial score (nSPS) is 11.5. The van der Waals surface area contributed by atoms with Crippen LogP contribution in [0, 0.1) is 12.1 Å². The number of rotatable bonds is 3. The molecule has 8 aromatic rings. The van der Waals surface area contributed by atoms with E-state index in [1.165, 1.54) is 0 Å². The Morgan fingerprint density at radius 1 is 0.684 bits per heavy atom. The summed E-state index contributed by atoms with van der Waals surface area (Å²) in [5.41, 5.74) is 4.55. The number of nitrogens with zero attached hydrogens (tertiary/aromatic N) is 5. The van der Waals surface area contributed by atoms with Crippen molar-refractivity contribution in [3.63, 3.8) is 0 Å². The van der Waals surface area contributed by atoms with E-state index >= 15 is 0 Å². The predicted octanol–water partition coefficient (Wildman–Crippen LogP) is 6.92. The number of benzene rings is 4. The van der Waals surface area contributed by atoms with Gasteiger partial charge in [-0.3, -0.25) is 9.50 Å². The second-order valence-electron chi connectivity index (χ2n) is 8.85. The van der Waals surface area contributed by atoms with Crippen molar-refractivity contribution in [2.24, 2.45) is 0 Å². The molecule has 0 spiro atoms. The molecule has 0 fully saturated rings. The minimum atomic E-state index is 0. The molecule has 0 aliphatic heterocycles. The molecule has 4 aromatic heterocycles.